The number of aromatic nitrogens is 1. The van der Waals surface area contributed by atoms with E-state index in [1.54, 1.807) is 7.11 Å². The van der Waals surface area contributed by atoms with Gasteiger partial charge in [-0.2, -0.15) is 5.26 Å². The molecule has 1 aromatic rings. The van der Waals surface area contributed by atoms with Crippen molar-refractivity contribution >= 4 is 15.9 Å². The summed E-state index contributed by atoms with van der Waals surface area (Å²) in [5.74, 6) is 0.338. The molecule has 5 heteroatoms. The molecular weight excluding hydrogens is 260 g/mol. The number of nitrogens with zero attached hydrogens (tertiary/aromatic N) is 2. The highest BCUT2D eigenvalue weighted by Crippen LogP contribution is 2.29. The minimum Gasteiger partial charge on any atom is -0.480 e. The zero-order valence-electron chi connectivity index (χ0n) is 8.80. The van der Waals surface area contributed by atoms with Gasteiger partial charge in [-0.15, -0.1) is 0 Å². The van der Waals surface area contributed by atoms with E-state index < -0.39 is 0 Å². The van der Waals surface area contributed by atoms with Crippen molar-refractivity contribution in [3.63, 3.8) is 0 Å². The maximum atomic E-state index is 9.03. The van der Waals surface area contributed by atoms with E-state index in [4.69, 9.17) is 14.7 Å². The van der Waals surface area contributed by atoms with Gasteiger partial charge in [0, 0.05) is 17.1 Å². The minimum atomic E-state index is 0.338. The molecule has 0 saturated heterocycles. The van der Waals surface area contributed by atoms with Crippen LogP contribution in [0.2, 0.25) is 0 Å². The highest BCUT2D eigenvalue weighted by Gasteiger charge is 2.16. The Morgan fingerprint density at radius 3 is 2.60 bits per heavy atom. The summed E-state index contributed by atoms with van der Waals surface area (Å²) in [7, 11) is 3.07. The lowest BCUT2D eigenvalue weighted by molar-refractivity contribution is 0.183. The first-order chi connectivity index (χ1) is 7.15. The predicted octanol–water partition coefficient (Wildman–Crippen LogP) is 2.18. The molecule has 1 aromatic heterocycles. The van der Waals surface area contributed by atoms with Crippen molar-refractivity contribution in [3.8, 4) is 11.9 Å². The summed E-state index contributed by atoms with van der Waals surface area (Å²) >= 11 is 3.39. The summed E-state index contributed by atoms with van der Waals surface area (Å²) in [4.78, 5) is 4.16. The van der Waals surface area contributed by atoms with Crippen LogP contribution >= 0.6 is 15.9 Å². The molecule has 1 heterocycles. The van der Waals surface area contributed by atoms with Crippen molar-refractivity contribution in [1.82, 2.24) is 4.98 Å². The number of nitriles is 1. The third kappa shape index (κ3) is 2.28. The van der Waals surface area contributed by atoms with E-state index in [9.17, 15) is 0 Å². The molecule has 0 spiro atoms. The number of hydrogen-bond acceptors (Lipinski definition) is 4. The zero-order chi connectivity index (χ0) is 11.4. The van der Waals surface area contributed by atoms with Gasteiger partial charge in [-0.25, -0.2) is 4.98 Å². The van der Waals surface area contributed by atoms with E-state index in [0.29, 0.717) is 18.1 Å². The fourth-order valence-corrected chi connectivity index (χ4v) is 1.66. The molecule has 0 aliphatic heterocycles. The second kappa shape index (κ2) is 5.10. The molecule has 0 N–H and O–H groups in total. The van der Waals surface area contributed by atoms with Crippen LogP contribution in [0.3, 0.4) is 0 Å². The zero-order valence-corrected chi connectivity index (χ0v) is 10.4. The van der Waals surface area contributed by atoms with Gasteiger partial charge in [0.2, 0.25) is 5.88 Å². The van der Waals surface area contributed by atoms with Crippen molar-refractivity contribution in [2.24, 2.45) is 0 Å². The summed E-state index contributed by atoms with van der Waals surface area (Å²) in [6.45, 7) is 2.19. The van der Waals surface area contributed by atoms with Crippen molar-refractivity contribution in [2.75, 3.05) is 14.2 Å². The van der Waals surface area contributed by atoms with Gasteiger partial charge >= 0.3 is 0 Å². The maximum absolute atomic E-state index is 9.03. The Morgan fingerprint density at radius 2 is 2.13 bits per heavy atom. The van der Waals surface area contributed by atoms with Crippen LogP contribution in [0.5, 0.6) is 5.88 Å². The number of pyridine rings is 1. The second-order valence-corrected chi connectivity index (χ2v) is 3.71. The fraction of sp³-hybridized carbons (Fsp3) is 0.400. The Labute approximate surface area is 97.0 Å². The lowest BCUT2D eigenvalue weighted by atomic mass is 10.1. The monoisotopic (exact) mass is 270 g/mol. The molecule has 4 nitrogen and oxygen atoms in total. The van der Waals surface area contributed by atoms with E-state index in [1.165, 1.54) is 7.11 Å². The van der Waals surface area contributed by atoms with Crippen LogP contribution in [0.1, 0.15) is 16.8 Å². The highest BCUT2D eigenvalue weighted by atomic mass is 79.9. The quantitative estimate of drug-likeness (QED) is 0.845. The molecule has 0 saturated carbocycles. The molecule has 15 heavy (non-hydrogen) atoms. The van der Waals surface area contributed by atoms with Crippen LogP contribution in [-0.4, -0.2) is 19.2 Å². The molecule has 0 aromatic carbocycles. The number of rotatable bonds is 3. The topological polar surface area (TPSA) is 55.1 Å². The fourth-order valence-electron chi connectivity index (χ4n) is 1.26. The molecule has 0 bridgehead atoms. The average Bonchev–Trinajstić information content (AvgIpc) is 2.24. The summed E-state index contributed by atoms with van der Waals surface area (Å²) in [5.41, 5.74) is 1.96. The Bertz CT molecular complexity index is 413. The van der Waals surface area contributed by atoms with E-state index in [2.05, 4.69) is 27.0 Å². The van der Waals surface area contributed by atoms with E-state index >= 15 is 0 Å². The number of halogens is 1. The van der Waals surface area contributed by atoms with Crippen LogP contribution < -0.4 is 4.74 Å². The van der Waals surface area contributed by atoms with Crippen LogP contribution in [0.4, 0.5) is 0 Å². The van der Waals surface area contributed by atoms with Gasteiger partial charge in [0.15, 0.2) is 0 Å². The first kappa shape index (κ1) is 12.0. The van der Waals surface area contributed by atoms with Gasteiger partial charge in [0.25, 0.3) is 0 Å². The van der Waals surface area contributed by atoms with Gasteiger partial charge in [-0.3, -0.25) is 0 Å². The number of ether oxygens (including phenoxy) is 2. The molecule has 1 rings (SSSR count). The Hall–Kier alpha value is -1.12. The van der Waals surface area contributed by atoms with Gasteiger partial charge in [0.1, 0.15) is 11.6 Å². The molecular formula is C10H11BrN2O2. The third-order valence-electron chi connectivity index (χ3n) is 1.96. The summed E-state index contributed by atoms with van der Waals surface area (Å²) in [6, 6.07) is 2.07. The molecule has 80 valence electrons. The van der Waals surface area contributed by atoms with Crippen molar-refractivity contribution in [2.45, 2.75) is 13.5 Å². The standard InChI is InChI=1S/C10H11BrN2O2/c1-6-9(11)8(5-14-2)7(4-12)10(13-6)15-3/h5H2,1-3H3. The lowest BCUT2D eigenvalue weighted by Gasteiger charge is -2.11. The van der Waals surface area contributed by atoms with Gasteiger partial charge in [-0.1, -0.05) is 0 Å². The van der Waals surface area contributed by atoms with Crippen LogP contribution in [-0.2, 0) is 11.3 Å². The van der Waals surface area contributed by atoms with Gasteiger partial charge in [0.05, 0.1) is 19.4 Å². The van der Waals surface area contributed by atoms with Crippen molar-refractivity contribution in [3.05, 3.63) is 21.3 Å². The summed E-state index contributed by atoms with van der Waals surface area (Å²) < 4.78 is 10.9. The van der Waals surface area contributed by atoms with Crippen molar-refractivity contribution in [1.29, 1.82) is 5.26 Å². The maximum Gasteiger partial charge on any atom is 0.232 e. The molecule has 0 aliphatic rings. The summed E-state index contributed by atoms with van der Waals surface area (Å²) in [6.07, 6.45) is 0. The van der Waals surface area contributed by atoms with Crippen LogP contribution in [0, 0.1) is 18.3 Å². The van der Waals surface area contributed by atoms with Crippen molar-refractivity contribution < 1.29 is 9.47 Å². The minimum absolute atomic E-state index is 0.338. The number of hydrogen-bond donors (Lipinski definition) is 0. The molecule has 0 unspecified atom stereocenters. The van der Waals surface area contributed by atoms with E-state index in [-0.39, 0.29) is 0 Å². The van der Waals surface area contributed by atoms with Crippen LogP contribution in [0.15, 0.2) is 4.47 Å². The van der Waals surface area contributed by atoms with Gasteiger partial charge < -0.3 is 9.47 Å². The third-order valence-corrected chi connectivity index (χ3v) is 3.01. The van der Waals surface area contributed by atoms with E-state index in [1.807, 2.05) is 6.92 Å². The first-order valence-corrected chi connectivity index (χ1v) is 5.07. The predicted molar refractivity (Wildman–Crippen MR) is 58.7 cm³/mol. The summed E-state index contributed by atoms with van der Waals surface area (Å²) in [5, 5.41) is 9.03. The molecule has 0 radical (unpaired) electrons. The molecule has 0 atom stereocenters. The first-order valence-electron chi connectivity index (χ1n) is 4.27. The molecule has 0 amide bonds. The Balaban J connectivity index is 3.44. The second-order valence-electron chi connectivity index (χ2n) is 2.92. The molecule has 0 fully saturated rings. The average molecular weight is 271 g/mol. The lowest BCUT2D eigenvalue weighted by Crippen LogP contribution is -2.02. The Kier molecular flexibility index (Phi) is 4.06. The van der Waals surface area contributed by atoms with E-state index in [0.717, 1.165) is 15.7 Å². The highest BCUT2D eigenvalue weighted by molar-refractivity contribution is 9.10. The normalized spacial score (nSPS) is 9.80. The number of methoxy groups -OCH3 is 2. The largest absolute Gasteiger partial charge is 0.480 e. The SMILES string of the molecule is COCc1c(Br)c(C)nc(OC)c1C#N. The molecule has 0 aliphatic carbocycles. The Morgan fingerprint density at radius 1 is 1.47 bits per heavy atom. The smallest absolute Gasteiger partial charge is 0.232 e. The van der Waals surface area contributed by atoms with Crippen LogP contribution in [0.25, 0.3) is 0 Å². The number of aryl methyl sites for hydroxylation is 1. The van der Waals surface area contributed by atoms with Gasteiger partial charge in [-0.05, 0) is 22.9 Å².